The second-order valence-electron chi connectivity index (χ2n) is 4.68. The van der Waals surface area contributed by atoms with Gasteiger partial charge in [-0.2, -0.15) is 5.10 Å². The van der Waals surface area contributed by atoms with Gasteiger partial charge in [-0.05, 0) is 19.4 Å². The molecule has 108 valence electrons. The summed E-state index contributed by atoms with van der Waals surface area (Å²) in [6, 6.07) is 1.99. The molecule has 0 amide bonds. The zero-order chi connectivity index (χ0) is 14.5. The molecule has 0 fully saturated rings. The number of aryl methyl sites for hydroxylation is 3. The second kappa shape index (κ2) is 6.47. The molecule has 1 N–H and O–H groups in total. The van der Waals surface area contributed by atoms with Crippen molar-refractivity contribution in [2.75, 3.05) is 19.0 Å². The van der Waals surface area contributed by atoms with Crippen LogP contribution >= 0.6 is 0 Å². The van der Waals surface area contributed by atoms with E-state index in [1.807, 2.05) is 30.9 Å². The van der Waals surface area contributed by atoms with Gasteiger partial charge in [0, 0.05) is 32.1 Å². The highest BCUT2D eigenvalue weighted by molar-refractivity contribution is 5.45. The third kappa shape index (κ3) is 3.14. The number of nitrogens with zero attached hydrogens (tertiary/aromatic N) is 4. The van der Waals surface area contributed by atoms with E-state index >= 15 is 0 Å². The molecular formula is C14H21N5O. The molecule has 2 aromatic heterocycles. The van der Waals surface area contributed by atoms with Crippen LogP contribution in [0.3, 0.4) is 0 Å². The number of anilines is 1. The number of nitrogens with one attached hydrogen (secondary N) is 1. The summed E-state index contributed by atoms with van der Waals surface area (Å²) < 4.78 is 7.16. The van der Waals surface area contributed by atoms with E-state index in [9.17, 15) is 0 Å². The van der Waals surface area contributed by atoms with E-state index in [1.54, 1.807) is 13.3 Å². The molecule has 0 spiro atoms. The third-order valence-electron chi connectivity index (χ3n) is 3.23. The van der Waals surface area contributed by atoms with Crippen LogP contribution in [-0.2, 0) is 18.2 Å². The lowest BCUT2D eigenvalue weighted by Gasteiger charge is -2.20. The lowest BCUT2D eigenvalue weighted by Crippen LogP contribution is -2.21. The summed E-state index contributed by atoms with van der Waals surface area (Å²) in [5, 5.41) is 7.66. The summed E-state index contributed by atoms with van der Waals surface area (Å²) in [6.07, 6.45) is 4.54. The predicted molar refractivity (Wildman–Crippen MR) is 77.6 cm³/mol. The van der Waals surface area contributed by atoms with E-state index < -0.39 is 0 Å². The number of hydrogen-bond acceptors (Lipinski definition) is 5. The minimum Gasteiger partial charge on any atom is -0.382 e. The Hall–Kier alpha value is -1.95. The minimum absolute atomic E-state index is 0.00657. The Morgan fingerprint density at radius 1 is 1.45 bits per heavy atom. The lowest BCUT2D eigenvalue weighted by atomic mass is 10.2. The van der Waals surface area contributed by atoms with Crippen LogP contribution in [-0.4, -0.2) is 33.5 Å². The molecule has 20 heavy (non-hydrogen) atoms. The van der Waals surface area contributed by atoms with Crippen molar-refractivity contribution in [2.45, 2.75) is 26.3 Å². The van der Waals surface area contributed by atoms with E-state index in [4.69, 9.17) is 4.74 Å². The Balaban J connectivity index is 2.29. The van der Waals surface area contributed by atoms with Crippen LogP contribution in [0.4, 0.5) is 5.82 Å². The largest absolute Gasteiger partial charge is 0.382 e. The van der Waals surface area contributed by atoms with Gasteiger partial charge in [0.05, 0.1) is 18.3 Å². The Kier molecular flexibility index (Phi) is 4.68. The van der Waals surface area contributed by atoms with Gasteiger partial charge in [-0.3, -0.25) is 4.68 Å². The molecule has 1 unspecified atom stereocenters. The normalized spacial score (nSPS) is 12.4. The average Bonchev–Trinajstić information content (AvgIpc) is 2.85. The summed E-state index contributed by atoms with van der Waals surface area (Å²) in [6.45, 7) is 4.53. The first-order chi connectivity index (χ1) is 9.65. The SMILES string of the molecule is CCc1cnc(C)nc1NC(COC)c1ccnn1C. The van der Waals surface area contributed by atoms with Gasteiger partial charge < -0.3 is 10.1 Å². The summed E-state index contributed by atoms with van der Waals surface area (Å²) in [7, 11) is 3.61. The molecule has 6 nitrogen and oxygen atoms in total. The lowest BCUT2D eigenvalue weighted by molar-refractivity contribution is 0.184. The van der Waals surface area contributed by atoms with Crippen molar-refractivity contribution in [3.63, 3.8) is 0 Å². The highest BCUT2D eigenvalue weighted by Gasteiger charge is 2.17. The van der Waals surface area contributed by atoms with Crippen molar-refractivity contribution in [2.24, 2.45) is 7.05 Å². The van der Waals surface area contributed by atoms with Gasteiger partial charge in [-0.15, -0.1) is 0 Å². The first kappa shape index (κ1) is 14.5. The quantitative estimate of drug-likeness (QED) is 0.872. The Labute approximate surface area is 119 Å². The van der Waals surface area contributed by atoms with E-state index in [1.165, 1.54) is 0 Å². The maximum Gasteiger partial charge on any atom is 0.133 e. The molecule has 0 aromatic carbocycles. The molecule has 0 aliphatic rings. The first-order valence-corrected chi connectivity index (χ1v) is 6.71. The van der Waals surface area contributed by atoms with Crippen LogP contribution in [0.2, 0.25) is 0 Å². The Morgan fingerprint density at radius 2 is 2.25 bits per heavy atom. The first-order valence-electron chi connectivity index (χ1n) is 6.71. The fraction of sp³-hybridized carbons (Fsp3) is 0.500. The predicted octanol–water partition coefficient (Wildman–Crippen LogP) is 1.88. The van der Waals surface area contributed by atoms with Crippen LogP contribution in [0, 0.1) is 6.92 Å². The number of hydrogen-bond donors (Lipinski definition) is 1. The average molecular weight is 275 g/mol. The molecule has 0 aliphatic carbocycles. The van der Waals surface area contributed by atoms with Crippen molar-refractivity contribution in [1.29, 1.82) is 0 Å². The molecule has 0 radical (unpaired) electrons. The highest BCUT2D eigenvalue weighted by atomic mass is 16.5. The number of ether oxygens (including phenoxy) is 1. The molecule has 1 atom stereocenters. The second-order valence-corrected chi connectivity index (χ2v) is 4.68. The molecule has 6 heteroatoms. The smallest absolute Gasteiger partial charge is 0.133 e. The Bertz CT molecular complexity index is 566. The summed E-state index contributed by atoms with van der Waals surface area (Å²) in [5.41, 5.74) is 2.16. The molecule has 0 saturated heterocycles. The fourth-order valence-electron chi connectivity index (χ4n) is 2.14. The molecule has 2 aromatic rings. The van der Waals surface area contributed by atoms with Crippen molar-refractivity contribution in [1.82, 2.24) is 19.7 Å². The van der Waals surface area contributed by atoms with E-state index in [2.05, 4.69) is 27.3 Å². The van der Waals surface area contributed by atoms with E-state index in [0.717, 1.165) is 29.3 Å². The number of aromatic nitrogens is 4. The molecular weight excluding hydrogens is 254 g/mol. The van der Waals surface area contributed by atoms with Gasteiger partial charge in [0.2, 0.25) is 0 Å². The number of methoxy groups -OCH3 is 1. The maximum absolute atomic E-state index is 5.31. The molecule has 2 heterocycles. The molecule has 0 bridgehead atoms. The van der Waals surface area contributed by atoms with Crippen LogP contribution in [0.5, 0.6) is 0 Å². The summed E-state index contributed by atoms with van der Waals surface area (Å²) in [5.74, 6) is 1.62. The molecule has 0 saturated carbocycles. The van der Waals surface area contributed by atoms with Crippen LogP contribution in [0.25, 0.3) is 0 Å². The zero-order valence-corrected chi connectivity index (χ0v) is 12.4. The zero-order valence-electron chi connectivity index (χ0n) is 12.4. The van der Waals surface area contributed by atoms with Crippen LogP contribution in [0.15, 0.2) is 18.5 Å². The molecule has 0 aliphatic heterocycles. The fourth-order valence-corrected chi connectivity index (χ4v) is 2.14. The summed E-state index contributed by atoms with van der Waals surface area (Å²) in [4.78, 5) is 8.74. The Morgan fingerprint density at radius 3 is 2.85 bits per heavy atom. The van der Waals surface area contributed by atoms with E-state index in [-0.39, 0.29) is 6.04 Å². The van der Waals surface area contributed by atoms with Crippen molar-refractivity contribution in [3.05, 3.63) is 35.5 Å². The van der Waals surface area contributed by atoms with Gasteiger partial charge in [0.25, 0.3) is 0 Å². The maximum atomic E-state index is 5.31. The van der Waals surface area contributed by atoms with Gasteiger partial charge in [-0.25, -0.2) is 9.97 Å². The van der Waals surface area contributed by atoms with Crippen molar-refractivity contribution >= 4 is 5.82 Å². The minimum atomic E-state index is 0.00657. The molecule has 2 rings (SSSR count). The summed E-state index contributed by atoms with van der Waals surface area (Å²) >= 11 is 0. The highest BCUT2D eigenvalue weighted by Crippen LogP contribution is 2.21. The third-order valence-corrected chi connectivity index (χ3v) is 3.23. The van der Waals surface area contributed by atoms with Crippen LogP contribution < -0.4 is 5.32 Å². The monoisotopic (exact) mass is 275 g/mol. The van der Waals surface area contributed by atoms with Gasteiger partial charge in [-0.1, -0.05) is 6.92 Å². The van der Waals surface area contributed by atoms with Gasteiger partial charge >= 0.3 is 0 Å². The van der Waals surface area contributed by atoms with Crippen molar-refractivity contribution in [3.8, 4) is 0 Å². The van der Waals surface area contributed by atoms with Crippen molar-refractivity contribution < 1.29 is 4.74 Å². The number of rotatable bonds is 6. The topological polar surface area (TPSA) is 64.9 Å². The van der Waals surface area contributed by atoms with E-state index in [0.29, 0.717) is 6.61 Å². The van der Waals surface area contributed by atoms with Crippen LogP contribution in [0.1, 0.15) is 30.0 Å². The van der Waals surface area contributed by atoms with Gasteiger partial charge in [0.1, 0.15) is 11.6 Å². The van der Waals surface area contributed by atoms with Gasteiger partial charge in [0.15, 0.2) is 0 Å². The standard InChI is InChI=1S/C14H21N5O/c1-5-11-8-15-10(2)17-14(11)18-12(9-20-4)13-6-7-16-19(13)3/h6-8,12H,5,9H2,1-4H3,(H,15,17,18).